The van der Waals surface area contributed by atoms with E-state index in [1.807, 2.05) is 47.5 Å². The third-order valence-electron chi connectivity index (χ3n) is 6.44. The van der Waals surface area contributed by atoms with Crippen LogP contribution in [0.1, 0.15) is 48.0 Å². The fraction of sp³-hybridized carbons (Fsp3) is 0.259. The monoisotopic (exact) mass is 468 g/mol. The van der Waals surface area contributed by atoms with E-state index in [-0.39, 0.29) is 17.2 Å². The Kier molecular flexibility index (Phi) is 5.72. The number of pyridine rings is 2. The van der Waals surface area contributed by atoms with Gasteiger partial charge in [-0.2, -0.15) is 0 Å². The molecule has 0 saturated heterocycles. The predicted octanol–water partition coefficient (Wildman–Crippen LogP) is 4.46. The summed E-state index contributed by atoms with van der Waals surface area (Å²) >= 11 is 0. The van der Waals surface area contributed by atoms with Crippen LogP contribution >= 0.6 is 0 Å². The molecule has 0 spiro atoms. The molecular weight excluding hydrogens is 440 g/mol. The quantitative estimate of drug-likeness (QED) is 0.401. The van der Waals surface area contributed by atoms with Crippen molar-refractivity contribution in [2.24, 2.45) is 0 Å². The van der Waals surface area contributed by atoms with Gasteiger partial charge in [-0.3, -0.25) is 9.59 Å². The largest absolute Gasteiger partial charge is 0.364 e. The maximum Gasteiger partial charge on any atom is 0.259 e. The first-order chi connectivity index (χ1) is 16.8. The lowest BCUT2D eigenvalue weighted by Crippen LogP contribution is -2.44. The molecule has 0 fully saturated rings. The molecule has 1 aliphatic heterocycles. The fourth-order valence-electron chi connectivity index (χ4n) is 4.68. The lowest BCUT2D eigenvalue weighted by molar-refractivity contribution is -0.130. The maximum atomic E-state index is 13.2. The van der Waals surface area contributed by atoms with Gasteiger partial charge in [-0.15, -0.1) is 0 Å². The lowest BCUT2D eigenvalue weighted by Gasteiger charge is -2.39. The van der Waals surface area contributed by atoms with E-state index < -0.39 is 0 Å². The Hall–Kier alpha value is -4.20. The van der Waals surface area contributed by atoms with Gasteiger partial charge in [0.25, 0.3) is 5.91 Å². The van der Waals surface area contributed by atoms with Gasteiger partial charge < -0.3 is 20.5 Å². The highest BCUT2D eigenvalue weighted by Crippen LogP contribution is 2.35. The molecule has 0 bridgehead atoms. The van der Waals surface area contributed by atoms with Crippen LogP contribution < -0.4 is 10.6 Å². The number of H-pyrrole nitrogens is 1. The molecule has 4 heterocycles. The van der Waals surface area contributed by atoms with E-state index in [0.717, 1.165) is 22.3 Å². The Labute approximate surface area is 203 Å². The normalized spacial score (nSPS) is 14.4. The second-order valence-electron chi connectivity index (χ2n) is 9.56. The molecule has 4 aromatic rings. The van der Waals surface area contributed by atoms with Crippen molar-refractivity contribution in [2.75, 3.05) is 17.2 Å². The number of nitrogens with one attached hydrogen (secondary N) is 3. The summed E-state index contributed by atoms with van der Waals surface area (Å²) in [5, 5.41) is 7.28. The molecule has 0 radical (unpaired) electrons. The van der Waals surface area contributed by atoms with Gasteiger partial charge in [0.15, 0.2) is 0 Å². The summed E-state index contributed by atoms with van der Waals surface area (Å²) in [6.07, 6.45) is 3.51. The van der Waals surface area contributed by atoms with Crippen LogP contribution in [0.2, 0.25) is 0 Å². The lowest BCUT2D eigenvalue weighted by atomic mass is 9.78. The molecule has 0 atom stereocenters. The summed E-state index contributed by atoms with van der Waals surface area (Å²) < 4.78 is 0. The molecule has 0 unspecified atom stereocenters. The van der Waals surface area contributed by atoms with E-state index in [2.05, 4.69) is 39.4 Å². The van der Waals surface area contributed by atoms with Crippen LogP contribution in [0, 0.1) is 0 Å². The van der Waals surface area contributed by atoms with E-state index in [1.165, 1.54) is 5.56 Å². The first-order valence-corrected chi connectivity index (χ1v) is 11.6. The Morgan fingerprint density at radius 1 is 1.14 bits per heavy atom. The van der Waals surface area contributed by atoms with Gasteiger partial charge in [0.1, 0.15) is 11.5 Å². The van der Waals surface area contributed by atoms with Gasteiger partial charge >= 0.3 is 0 Å². The summed E-state index contributed by atoms with van der Waals surface area (Å²) in [4.78, 5) is 39.1. The molecule has 35 heavy (non-hydrogen) atoms. The van der Waals surface area contributed by atoms with Crippen LogP contribution in [-0.4, -0.2) is 38.2 Å². The van der Waals surface area contributed by atoms with Crippen molar-refractivity contribution in [3.8, 4) is 0 Å². The van der Waals surface area contributed by atoms with Gasteiger partial charge in [-0.1, -0.05) is 19.9 Å². The maximum absolute atomic E-state index is 13.2. The van der Waals surface area contributed by atoms with Gasteiger partial charge in [-0.05, 0) is 53.6 Å². The Balaban J connectivity index is 1.33. The van der Waals surface area contributed by atoms with Crippen LogP contribution in [0.25, 0.3) is 11.0 Å². The second-order valence-corrected chi connectivity index (χ2v) is 9.56. The fourth-order valence-corrected chi connectivity index (χ4v) is 4.68. The average molecular weight is 469 g/mol. The number of carbonyl (C=O) groups is 2. The number of aromatic amines is 1. The first-order valence-electron chi connectivity index (χ1n) is 11.6. The SMILES string of the molecule is CC(=O)N1Cc2cc(NC(=O)c3cccnc3NCc3ccc4cc[nH]c4n3)ccc2C(C)(C)C1. The van der Waals surface area contributed by atoms with Crippen molar-refractivity contribution < 1.29 is 9.59 Å². The number of hydrogen-bond acceptors (Lipinski definition) is 5. The van der Waals surface area contributed by atoms with Gasteiger partial charge in [0.05, 0.1) is 17.8 Å². The number of aromatic nitrogens is 3. The summed E-state index contributed by atoms with van der Waals surface area (Å²) in [6.45, 7) is 7.51. The number of benzene rings is 1. The molecule has 5 rings (SSSR count). The molecule has 8 heteroatoms. The van der Waals surface area contributed by atoms with Crippen molar-refractivity contribution in [3.63, 3.8) is 0 Å². The minimum absolute atomic E-state index is 0.0501. The van der Waals surface area contributed by atoms with Crippen molar-refractivity contribution in [1.82, 2.24) is 19.9 Å². The van der Waals surface area contributed by atoms with Crippen LogP contribution in [0.3, 0.4) is 0 Å². The molecule has 0 saturated carbocycles. The third-order valence-corrected chi connectivity index (χ3v) is 6.44. The molecule has 1 aliphatic rings. The molecule has 0 aliphatic carbocycles. The molecule has 178 valence electrons. The number of rotatable bonds is 5. The average Bonchev–Trinajstić information content (AvgIpc) is 3.30. The molecule has 8 nitrogen and oxygen atoms in total. The van der Waals surface area contributed by atoms with E-state index in [0.29, 0.717) is 36.7 Å². The van der Waals surface area contributed by atoms with E-state index in [4.69, 9.17) is 0 Å². The van der Waals surface area contributed by atoms with Crippen molar-refractivity contribution >= 4 is 34.4 Å². The third kappa shape index (κ3) is 4.59. The van der Waals surface area contributed by atoms with Crippen LogP contribution in [-0.2, 0) is 23.3 Å². The molecule has 1 aromatic carbocycles. The number of anilines is 2. The first kappa shape index (κ1) is 22.6. The zero-order valence-electron chi connectivity index (χ0n) is 20.1. The Bertz CT molecular complexity index is 1420. The summed E-state index contributed by atoms with van der Waals surface area (Å²) in [5.74, 6) is 0.279. The highest BCUT2D eigenvalue weighted by atomic mass is 16.2. The van der Waals surface area contributed by atoms with E-state index >= 15 is 0 Å². The summed E-state index contributed by atoms with van der Waals surface area (Å²) in [6, 6.07) is 15.3. The van der Waals surface area contributed by atoms with Gasteiger partial charge in [-0.25, -0.2) is 9.97 Å². The second kappa shape index (κ2) is 8.87. The molecule has 2 amide bonds. The number of amides is 2. The number of nitrogens with zero attached hydrogens (tertiary/aromatic N) is 3. The smallest absolute Gasteiger partial charge is 0.259 e. The van der Waals surface area contributed by atoms with Crippen molar-refractivity contribution in [1.29, 1.82) is 0 Å². The molecule has 3 aromatic heterocycles. The van der Waals surface area contributed by atoms with Gasteiger partial charge in [0.2, 0.25) is 5.91 Å². The number of hydrogen-bond donors (Lipinski definition) is 3. The van der Waals surface area contributed by atoms with Crippen LogP contribution in [0.5, 0.6) is 0 Å². The summed E-state index contributed by atoms with van der Waals surface area (Å²) in [5.41, 5.74) is 4.87. The minimum Gasteiger partial charge on any atom is -0.364 e. The standard InChI is InChI=1S/C27H28N6O2/c1-17(34)33-15-19-13-20(8-9-23(19)27(2,3)16-33)32-26(35)22-5-4-11-28-25(22)30-14-21-7-6-18-10-12-29-24(18)31-21/h4-13H,14-16H2,1-3H3,(H,28,30)(H,29,31)(H,32,35). The number of fused-ring (bicyclic) bond motifs is 2. The Morgan fingerprint density at radius 2 is 2.00 bits per heavy atom. The zero-order valence-corrected chi connectivity index (χ0v) is 20.1. The number of carbonyl (C=O) groups excluding carboxylic acids is 2. The minimum atomic E-state index is -0.258. The highest BCUT2D eigenvalue weighted by Gasteiger charge is 2.32. The van der Waals surface area contributed by atoms with E-state index in [1.54, 1.807) is 25.3 Å². The van der Waals surface area contributed by atoms with Crippen LogP contribution in [0.15, 0.2) is 60.9 Å². The topological polar surface area (TPSA) is 103 Å². The van der Waals surface area contributed by atoms with Gasteiger partial charge in [0, 0.05) is 48.9 Å². The van der Waals surface area contributed by atoms with Crippen LogP contribution in [0.4, 0.5) is 11.5 Å². The van der Waals surface area contributed by atoms with Crippen molar-refractivity contribution in [2.45, 2.75) is 39.3 Å². The summed E-state index contributed by atoms with van der Waals surface area (Å²) in [7, 11) is 0. The molecular formula is C27H28N6O2. The zero-order chi connectivity index (χ0) is 24.6. The van der Waals surface area contributed by atoms with E-state index in [9.17, 15) is 9.59 Å². The predicted molar refractivity (Wildman–Crippen MR) is 136 cm³/mol. The molecule has 3 N–H and O–H groups in total. The highest BCUT2D eigenvalue weighted by molar-refractivity contribution is 6.07. The Morgan fingerprint density at radius 3 is 2.83 bits per heavy atom. The van der Waals surface area contributed by atoms with Crippen molar-refractivity contribution in [3.05, 3.63) is 83.3 Å².